The van der Waals surface area contributed by atoms with Gasteiger partial charge in [-0.25, -0.2) is 0 Å². The van der Waals surface area contributed by atoms with Crippen molar-refractivity contribution in [1.29, 1.82) is 0 Å². The van der Waals surface area contributed by atoms with Crippen LogP contribution in [0.2, 0.25) is 0 Å². The van der Waals surface area contributed by atoms with Gasteiger partial charge >= 0.3 is 5.97 Å². The van der Waals surface area contributed by atoms with Crippen LogP contribution in [0.25, 0.3) is 11.1 Å². The first-order chi connectivity index (χ1) is 16.6. The Morgan fingerprint density at radius 2 is 1.71 bits per heavy atom. The number of carbonyl (C=O) groups excluding carboxylic acids is 2. The number of carbonyl (C=O) groups is 2. The average Bonchev–Trinajstić information content (AvgIpc) is 3.16. The van der Waals surface area contributed by atoms with E-state index in [4.69, 9.17) is 4.74 Å². The fraction of sp³-hybridized carbons (Fsp3) is 0.517. The van der Waals surface area contributed by atoms with E-state index in [1.165, 1.54) is 11.1 Å². The predicted octanol–water partition coefficient (Wildman–Crippen LogP) is 4.92. The van der Waals surface area contributed by atoms with Gasteiger partial charge in [0.25, 0.3) is 0 Å². The zero-order valence-corrected chi connectivity index (χ0v) is 20.6. The number of piperidine rings is 1. The first-order valence-corrected chi connectivity index (χ1v) is 13.0. The third-order valence-electron chi connectivity index (χ3n) is 7.39. The summed E-state index contributed by atoms with van der Waals surface area (Å²) in [7, 11) is 0. The Morgan fingerprint density at radius 1 is 1.03 bits per heavy atom. The smallest absolute Gasteiger partial charge is 0.310 e. The van der Waals surface area contributed by atoms with Crippen LogP contribution in [-0.2, 0) is 19.7 Å². The lowest BCUT2D eigenvalue weighted by atomic mass is 9.73. The first kappa shape index (κ1) is 24.5. The Bertz CT molecular complexity index is 957. The Hall–Kier alpha value is -2.66. The van der Waals surface area contributed by atoms with Gasteiger partial charge in [0.1, 0.15) is 5.41 Å². The van der Waals surface area contributed by atoms with E-state index in [0.29, 0.717) is 13.2 Å². The lowest BCUT2D eigenvalue weighted by Gasteiger charge is -2.33. The third kappa shape index (κ3) is 4.76. The molecule has 0 spiro atoms. The Balaban J connectivity index is 1.49. The molecule has 5 nitrogen and oxygen atoms in total. The Labute approximate surface area is 203 Å². The van der Waals surface area contributed by atoms with Crippen molar-refractivity contribution in [3.8, 4) is 11.1 Å². The molecular formula is C29H38N2O3. The van der Waals surface area contributed by atoms with E-state index >= 15 is 0 Å². The number of nitrogens with zero attached hydrogens (tertiary/aromatic N) is 1. The van der Waals surface area contributed by atoms with Crippen LogP contribution >= 0.6 is 0 Å². The van der Waals surface area contributed by atoms with Gasteiger partial charge < -0.3 is 15.0 Å². The van der Waals surface area contributed by atoms with Crippen LogP contribution in [0.4, 0.5) is 0 Å². The molecular weight excluding hydrogens is 424 g/mol. The van der Waals surface area contributed by atoms with Crippen LogP contribution in [0.3, 0.4) is 0 Å². The van der Waals surface area contributed by atoms with Gasteiger partial charge in [-0.05, 0) is 74.4 Å². The zero-order chi connectivity index (χ0) is 24.0. The van der Waals surface area contributed by atoms with Crippen molar-refractivity contribution < 1.29 is 14.3 Å². The number of fused-ring (bicyclic) bond motifs is 3. The number of amides is 1. The molecule has 1 aliphatic carbocycles. The summed E-state index contributed by atoms with van der Waals surface area (Å²) in [6, 6.07) is 16.8. The second kappa shape index (κ2) is 11.2. The van der Waals surface area contributed by atoms with Gasteiger partial charge in [0, 0.05) is 13.1 Å². The molecule has 5 heteroatoms. The van der Waals surface area contributed by atoms with Gasteiger partial charge in [-0.1, -0.05) is 61.9 Å². The van der Waals surface area contributed by atoms with E-state index in [1.54, 1.807) is 0 Å². The molecule has 34 heavy (non-hydrogen) atoms. The molecule has 1 N–H and O–H groups in total. The molecule has 1 saturated heterocycles. The molecule has 2 aromatic rings. The molecule has 2 aromatic carbocycles. The minimum Gasteiger partial charge on any atom is -0.466 e. The molecule has 4 rings (SSSR count). The van der Waals surface area contributed by atoms with E-state index in [1.807, 2.05) is 6.92 Å². The summed E-state index contributed by atoms with van der Waals surface area (Å²) < 4.78 is 5.25. The fourth-order valence-corrected chi connectivity index (χ4v) is 5.78. The molecule has 1 heterocycles. The summed E-state index contributed by atoms with van der Waals surface area (Å²) in [6.45, 7) is 7.85. The molecule has 0 bridgehead atoms. The normalized spacial score (nSPS) is 18.7. The van der Waals surface area contributed by atoms with E-state index in [-0.39, 0.29) is 17.8 Å². The number of hydrogen-bond acceptors (Lipinski definition) is 4. The molecule has 1 fully saturated rings. The number of benzene rings is 2. The van der Waals surface area contributed by atoms with Crippen molar-refractivity contribution in [3.05, 3.63) is 59.7 Å². The van der Waals surface area contributed by atoms with Crippen LogP contribution in [0.1, 0.15) is 63.5 Å². The molecule has 0 saturated carbocycles. The average molecular weight is 463 g/mol. The van der Waals surface area contributed by atoms with Crippen molar-refractivity contribution in [2.45, 2.75) is 57.8 Å². The van der Waals surface area contributed by atoms with Crippen LogP contribution in [0, 0.1) is 5.92 Å². The highest BCUT2D eigenvalue weighted by atomic mass is 16.5. The largest absolute Gasteiger partial charge is 0.466 e. The van der Waals surface area contributed by atoms with E-state index in [2.05, 4.69) is 65.7 Å². The Kier molecular flexibility index (Phi) is 8.04. The van der Waals surface area contributed by atoms with Crippen molar-refractivity contribution in [1.82, 2.24) is 10.2 Å². The number of rotatable bonds is 10. The van der Waals surface area contributed by atoms with Crippen molar-refractivity contribution in [2.24, 2.45) is 5.92 Å². The van der Waals surface area contributed by atoms with Crippen molar-refractivity contribution >= 4 is 11.9 Å². The SMILES string of the molecule is CCCNC(=O)C1(CCCCN2CCCC(C(=O)OCC)C2)c2ccccc2-c2ccccc21. The monoisotopic (exact) mass is 462 g/mol. The van der Waals surface area contributed by atoms with E-state index in [0.717, 1.165) is 69.3 Å². The van der Waals surface area contributed by atoms with Gasteiger partial charge in [0.15, 0.2) is 0 Å². The molecule has 1 atom stereocenters. The molecule has 1 amide bonds. The van der Waals surface area contributed by atoms with Crippen LogP contribution < -0.4 is 5.32 Å². The van der Waals surface area contributed by atoms with Crippen LogP contribution in [0.5, 0.6) is 0 Å². The van der Waals surface area contributed by atoms with Crippen LogP contribution in [-0.4, -0.2) is 49.6 Å². The summed E-state index contributed by atoms with van der Waals surface area (Å²) in [5, 5.41) is 3.22. The summed E-state index contributed by atoms with van der Waals surface area (Å²) >= 11 is 0. The standard InChI is InChI=1S/C29H38N2O3/c1-3-18-30-28(33)29(25-15-7-5-13-23(25)24-14-6-8-16-26(24)29)17-9-10-19-31-20-11-12-22(21-31)27(32)34-4-2/h5-8,13-16,22H,3-4,9-12,17-21H2,1-2H3,(H,30,33). The number of hydrogen-bond donors (Lipinski definition) is 1. The molecule has 0 radical (unpaired) electrons. The second-order valence-corrected chi connectivity index (χ2v) is 9.60. The van der Waals surface area contributed by atoms with Gasteiger partial charge in [-0.3, -0.25) is 9.59 Å². The number of likely N-dealkylation sites (tertiary alicyclic amines) is 1. The molecule has 1 aliphatic heterocycles. The fourth-order valence-electron chi connectivity index (χ4n) is 5.78. The maximum absolute atomic E-state index is 13.8. The Morgan fingerprint density at radius 3 is 2.35 bits per heavy atom. The second-order valence-electron chi connectivity index (χ2n) is 9.60. The predicted molar refractivity (Wildman–Crippen MR) is 136 cm³/mol. The van der Waals surface area contributed by atoms with Crippen molar-refractivity contribution in [3.63, 3.8) is 0 Å². The first-order valence-electron chi connectivity index (χ1n) is 13.0. The number of nitrogens with one attached hydrogen (secondary N) is 1. The highest BCUT2D eigenvalue weighted by Crippen LogP contribution is 2.51. The highest BCUT2D eigenvalue weighted by molar-refractivity contribution is 6.00. The van der Waals surface area contributed by atoms with Gasteiger partial charge in [-0.15, -0.1) is 0 Å². The minimum absolute atomic E-state index is 0.00606. The summed E-state index contributed by atoms with van der Waals surface area (Å²) in [4.78, 5) is 28.3. The number of unbranched alkanes of at least 4 members (excludes halogenated alkanes) is 1. The lowest BCUT2D eigenvalue weighted by molar-refractivity contribution is -0.149. The summed E-state index contributed by atoms with van der Waals surface area (Å²) in [6.07, 6.45) is 5.61. The minimum atomic E-state index is -0.641. The number of ether oxygens (including phenoxy) is 1. The summed E-state index contributed by atoms with van der Waals surface area (Å²) in [5.74, 6) is 0.0541. The summed E-state index contributed by atoms with van der Waals surface area (Å²) in [5.41, 5.74) is 3.98. The van der Waals surface area contributed by atoms with Gasteiger partial charge in [0.2, 0.25) is 5.91 Å². The molecule has 182 valence electrons. The maximum Gasteiger partial charge on any atom is 0.310 e. The van der Waals surface area contributed by atoms with E-state index in [9.17, 15) is 9.59 Å². The molecule has 1 unspecified atom stereocenters. The van der Waals surface area contributed by atoms with E-state index < -0.39 is 5.41 Å². The van der Waals surface area contributed by atoms with Crippen molar-refractivity contribution in [2.75, 3.05) is 32.8 Å². The quantitative estimate of drug-likeness (QED) is 0.402. The third-order valence-corrected chi connectivity index (χ3v) is 7.39. The molecule has 0 aromatic heterocycles. The molecule has 2 aliphatic rings. The zero-order valence-electron chi connectivity index (χ0n) is 20.6. The lowest BCUT2D eigenvalue weighted by Crippen LogP contribution is -2.44. The van der Waals surface area contributed by atoms with Crippen LogP contribution in [0.15, 0.2) is 48.5 Å². The van der Waals surface area contributed by atoms with Gasteiger partial charge in [0.05, 0.1) is 12.5 Å². The van der Waals surface area contributed by atoms with Gasteiger partial charge in [-0.2, -0.15) is 0 Å². The highest BCUT2D eigenvalue weighted by Gasteiger charge is 2.48. The maximum atomic E-state index is 13.8. The topological polar surface area (TPSA) is 58.6 Å². The number of esters is 1.